The van der Waals surface area contributed by atoms with Gasteiger partial charge in [-0.25, -0.2) is 9.97 Å². The molecule has 2 aromatic rings. The molecule has 0 saturated carbocycles. The van der Waals surface area contributed by atoms with Crippen molar-refractivity contribution in [2.75, 3.05) is 19.0 Å². The zero-order chi connectivity index (χ0) is 13.1. The zero-order valence-corrected chi connectivity index (χ0v) is 10.8. The van der Waals surface area contributed by atoms with Gasteiger partial charge in [-0.1, -0.05) is 11.6 Å². The molecule has 0 aliphatic heterocycles. The molecule has 5 heteroatoms. The maximum Gasteiger partial charge on any atom is 0.162 e. The fraction of sp³-hybridized carbons (Fsp3) is 0.154. The lowest BCUT2D eigenvalue weighted by Gasteiger charge is -2.12. The largest absolute Gasteiger partial charge is 0.363 e. The van der Waals surface area contributed by atoms with E-state index in [2.05, 4.69) is 9.97 Å². The first-order valence-corrected chi connectivity index (χ1v) is 5.70. The summed E-state index contributed by atoms with van der Waals surface area (Å²) in [5, 5.41) is 9.63. The number of nitriles is 1. The number of halogens is 1. The Morgan fingerprint density at radius 1 is 1.17 bits per heavy atom. The molecule has 0 N–H and O–H groups in total. The van der Waals surface area contributed by atoms with Crippen LogP contribution in [0.3, 0.4) is 0 Å². The summed E-state index contributed by atoms with van der Waals surface area (Å²) in [5.74, 6) is 1.22. The SMILES string of the molecule is CN(C)c1cc(C#N)nc(-c2ccc(Cl)cc2)n1. The van der Waals surface area contributed by atoms with Crippen molar-refractivity contribution in [3.8, 4) is 17.5 Å². The molecule has 1 aromatic carbocycles. The number of benzene rings is 1. The van der Waals surface area contributed by atoms with E-state index >= 15 is 0 Å². The van der Waals surface area contributed by atoms with E-state index in [1.54, 1.807) is 18.2 Å². The summed E-state index contributed by atoms with van der Waals surface area (Å²) in [6.45, 7) is 0. The second-order valence-electron chi connectivity index (χ2n) is 3.95. The number of hydrogen-bond acceptors (Lipinski definition) is 4. The molecule has 4 nitrogen and oxygen atoms in total. The fourth-order valence-corrected chi connectivity index (χ4v) is 1.57. The highest BCUT2D eigenvalue weighted by atomic mass is 35.5. The van der Waals surface area contributed by atoms with Crippen molar-refractivity contribution in [1.29, 1.82) is 5.26 Å². The van der Waals surface area contributed by atoms with Crippen LogP contribution in [-0.4, -0.2) is 24.1 Å². The van der Waals surface area contributed by atoms with Crippen molar-refractivity contribution in [2.24, 2.45) is 0 Å². The van der Waals surface area contributed by atoms with Crippen LogP contribution in [0, 0.1) is 11.3 Å². The van der Waals surface area contributed by atoms with Crippen LogP contribution in [0.15, 0.2) is 30.3 Å². The lowest BCUT2D eigenvalue weighted by molar-refractivity contribution is 1.03. The highest BCUT2D eigenvalue weighted by Crippen LogP contribution is 2.20. The lowest BCUT2D eigenvalue weighted by atomic mass is 10.2. The number of rotatable bonds is 2. The minimum atomic E-state index is 0.346. The maximum atomic E-state index is 8.98. The van der Waals surface area contributed by atoms with E-state index in [0.29, 0.717) is 22.4 Å². The van der Waals surface area contributed by atoms with Crippen LogP contribution in [0.25, 0.3) is 11.4 Å². The van der Waals surface area contributed by atoms with Gasteiger partial charge in [-0.3, -0.25) is 0 Å². The molecule has 0 atom stereocenters. The monoisotopic (exact) mass is 258 g/mol. The zero-order valence-electron chi connectivity index (χ0n) is 10.1. The van der Waals surface area contributed by atoms with Crippen molar-refractivity contribution in [1.82, 2.24) is 9.97 Å². The topological polar surface area (TPSA) is 52.8 Å². The Balaban J connectivity index is 2.53. The van der Waals surface area contributed by atoms with Crippen molar-refractivity contribution in [3.63, 3.8) is 0 Å². The average Bonchev–Trinajstić information content (AvgIpc) is 2.39. The highest BCUT2D eigenvalue weighted by molar-refractivity contribution is 6.30. The lowest BCUT2D eigenvalue weighted by Crippen LogP contribution is -2.12. The molecule has 0 saturated heterocycles. The van der Waals surface area contributed by atoms with Crippen molar-refractivity contribution < 1.29 is 0 Å². The van der Waals surface area contributed by atoms with Crippen LogP contribution < -0.4 is 4.90 Å². The molecule has 0 aliphatic carbocycles. The third-order valence-electron chi connectivity index (χ3n) is 2.39. The van der Waals surface area contributed by atoms with Gasteiger partial charge >= 0.3 is 0 Å². The molecule has 90 valence electrons. The van der Waals surface area contributed by atoms with E-state index in [9.17, 15) is 0 Å². The van der Waals surface area contributed by atoms with Crippen LogP contribution in [0.1, 0.15) is 5.69 Å². The molecule has 0 spiro atoms. The van der Waals surface area contributed by atoms with Gasteiger partial charge in [0.15, 0.2) is 5.82 Å². The first-order valence-electron chi connectivity index (χ1n) is 5.32. The number of hydrogen-bond donors (Lipinski definition) is 0. The maximum absolute atomic E-state index is 8.98. The van der Waals surface area contributed by atoms with Gasteiger partial charge in [0, 0.05) is 30.7 Å². The van der Waals surface area contributed by atoms with Gasteiger partial charge in [-0.05, 0) is 24.3 Å². The summed E-state index contributed by atoms with van der Waals surface area (Å²) in [6, 6.07) is 10.9. The summed E-state index contributed by atoms with van der Waals surface area (Å²) in [5.41, 5.74) is 1.18. The van der Waals surface area contributed by atoms with E-state index in [4.69, 9.17) is 16.9 Å². The van der Waals surface area contributed by atoms with Gasteiger partial charge in [-0.15, -0.1) is 0 Å². The Morgan fingerprint density at radius 2 is 1.83 bits per heavy atom. The molecular formula is C13H11ClN4. The minimum Gasteiger partial charge on any atom is -0.363 e. The summed E-state index contributed by atoms with van der Waals surface area (Å²) in [7, 11) is 3.74. The number of anilines is 1. The second kappa shape index (κ2) is 5.03. The summed E-state index contributed by atoms with van der Waals surface area (Å²) in [4.78, 5) is 10.4. The molecule has 0 aliphatic rings. The summed E-state index contributed by atoms with van der Waals surface area (Å²) in [6.07, 6.45) is 0. The molecule has 0 bridgehead atoms. The standard InChI is InChI=1S/C13H11ClN4/c1-18(2)12-7-11(8-15)16-13(17-12)9-3-5-10(14)6-4-9/h3-7H,1-2H3. The Bertz CT molecular complexity index is 599. The van der Waals surface area contributed by atoms with Gasteiger partial charge in [0.25, 0.3) is 0 Å². The number of aromatic nitrogens is 2. The van der Waals surface area contributed by atoms with Crippen LogP contribution in [0.4, 0.5) is 5.82 Å². The summed E-state index contributed by atoms with van der Waals surface area (Å²) >= 11 is 5.84. The van der Waals surface area contributed by atoms with Gasteiger partial charge in [-0.2, -0.15) is 5.26 Å². The molecule has 0 fully saturated rings. The Hall–Kier alpha value is -2.12. The van der Waals surface area contributed by atoms with E-state index in [1.807, 2.05) is 37.2 Å². The smallest absolute Gasteiger partial charge is 0.162 e. The van der Waals surface area contributed by atoms with Crippen LogP contribution in [0.2, 0.25) is 5.02 Å². The molecule has 0 unspecified atom stereocenters. The Morgan fingerprint density at radius 3 is 2.39 bits per heavy atom. The quantitative estimate of drug-likeness (QED) is 0.831. The van der Waals surface area contributed by atoms with Crippen LogP contribution >= 0.6 is 11.6 Å². The third kappa shape index (κ3) is 2.58. The average molecular weight is 259 g/mol. The minimum absolute atomic E-state index is 0.346. The van der Waals surface area contributed by atoms with Gasteiger partial charge in [0.2, 0.25) is 0 Å². The van der Waals surface area contributed by atoms with E-state index in [-0.39, 0.29) is 0 Å². The molecule has 2 rings (SSSR count). The van der Waals surface area contributed by atoms with Crippen LogP contribution in [0.5, 0.6) is 0 Å². The van der Waals surface area contributed by atoms with E-state index in [1.165, 1.54) is 0 Å². The molecule has 1 heterocycles. The van der Waals surface area contributed by atoms with Crippen molar-refractivity contribution >= 4 is 17.4 Å². The molecule has 1 aromatic heterocycles. The second-order valence-corrected chi connectivity index (χ2v) is 4.38. The van der Waals surface area contributed by atoms with E-state index < -0.39 is 0 Å². The van der Waals surface area contributed by atoms with Crippen molar-refractivity contribution in [2.45, 2.75) is 0 Å². The third-order valence-corrected chi connectivity index (χ3v) is 2.64. The highest BCUT2D eigenvalue weighted by Gasteiger charge is 2.07. The van der Waals surface area contributed by atoms with Gasteiger partial charge < -0.3 is 4.90 Å². The molecular weight excluding hydrogens is 248 g/mol. The van der Waals surface area contributed by atoms with E-state index in [0.717, 1.165) is 5.56 Å². The molecule has 0 radical (unpaired) electrons. The fourth-order valence-electron chi connectivity index (χ4n) is 1.45. The normalized spacial score (nSPS) is 9.89. The van der Waals surface area contributed by atoms with Crippen LogP contribution in [-0.2, 0) is 0 Å². The summed E-state index contributed by atoms with van der Waals surface area (Å²) < 4.78 is 0. The Kier molecular flexibility index (Phi) is 3.45. The number of nitrogens with zero attached hydrogens (tertiary/aromatic N) is 4. The van der Waals surface area contributed by atoms with Gasteiger partial charge in [0.05, 0.1) is 0 Å². The first-order chi connectivity index (χ1) is 8.60. The van der Waals surface area contributed by atoms with Crippen molar-refractivity contribution in [3.05, 3.63) is 41.0 Å². The predicted molar refractivity (Wildman–Crippen MR) is 71.5 cm³/mol. The predicted octanol–water partition coefficient (Wildman–Crippen LogP) is 2.73. The molecule has 18 heavy (non-hydrogen) atoms. The first kappa shape index (κ1) is 12.3. The Labute approximate surface area is 110 Å². The van der Waals surface area contributed by atoms with Gasteiger partial charge in [0.1, 0.15) is 17.6 Å². The molecule has 0 amide bonds.